The lowest BCUT2D eigenvalue weighted by Crippen LogP contribution is -2.14. The monoisotopic (exact) mass is 390 g/mol. The molecule has 7 nitrogen and oxygen atoms in total. The van der Waals surface area contributed by atoms with Crippen LogP contribution in [0.1, 0.15) is 36.0 Å². The number of fused-ring (bicyclic) bond motifs is 1. The molecule has 0 unspecified atom stereocenters. The Morgan fingerprint density at radius 1 is 1.12 bits per heavy atom. The van der Waals surface area contributed by atoms with E-state index >= 15 is 0 Å². The molecule has 2 aromatic heterocycles. The lowest BCUT2D eigenvalue weighted by atomic mass is 10.1. The van der Waals surface area contributed by atoms with Crippen LogP contribution in [0, 0.1) is 6.92 Å². The van der Waals surface area contributed by atoms with E-state index in [1.54, 1.807) is 30.6 Å². The third-order valence-corrected chi connectivity index (χ3v) is 5.71. The van der Waals surface area contributed by atoms with Gasteiger partial charge >= 0.3 is 11.9 Å². The zero-order chi connectivity index (χ0) is 18.8. The number of hydrogen-bond donors (Lipinski definition) is 1. The summed E-state index contributed by atoms with van der Waals surface area (Å²) in [5.41, 5.74) is 3.48. The van der Waals surface area contributed by atoms with Crippen LogP contribution in [-0.4, -0.2) is 37.0 Å². The third kappa shape index (κ3) is 3.18. The van der Waals surface area contributed by atoms with Crippen molar-refractivity contribution in [2.24, 2.45) is 0 Å². The van der Waals surface area contributed by atoms with Gasteiger partial charge in [0.1, 0.15) is 9.88 Å². The fourth-order valence-corrected chi connectivity index (χ4v) is 4.23. The number of anilines is 1. The van der Waals surface area contributed by atoms with Gasteiger partial charge in [-0.2, -0.15) is 0 Å². The minimum atomic E-state index is -0.637. The molecule has 0 saturated heterocycles. The van der Waals surface area contributed by atoms with Gasteiger partial charge in [-0.15, -0.1) is 22.7 Å². The van der Waals surface area contributed by atoms with E-state index in [9.17, 15) is 14.4 Å². The van der Waals surface area contributed by atoms with Crippen LogP contribution in [0.15, 0.2) is 23.7 Å². The van der Waals surface area contributed by atoms with Crippen molar-refractivity contribution in [2.45, 2.75) is 6.92 Å². The molecule has 1 N–H and O–H groups in total. The molecule has 0 radical (unpaired) electrons. The summed E-state index contributed by atoms with van der Waals surface area (Å²) in [4.78, 5) is 41.0. The number of ether oxygens (including phenoxy) is 2. The molecule has 0 aliphatic heterocycles. The van der Waals surface area contributed by atoms with Crippen LogP contribution in [0.3, 0.4) is 0 Å². The highest BCUT2D eigenvalue weighted by Gasteiger charge is 2.27. The highest BCUT2D eigenvalue weighted by molar-refractivity contribution is 7.18. The van der Waals surface area contributed by atoms with Crippen molar-refractivity contribution >= 4 is 55.7 Å². The number of carbonyl (C=O) groups is 3. The zero-order valence-electron chi connectivity index (χ0n) is 14.1. The van der Waals surface area contributed by atoms with E-state index in [-0.39, 0.29) is 15.4 Å². The summed E-state index contributed by atoms with van der Waals surface area (Å²) in [5.74, 6) is -1.62. The predicted molar refractivity (Wildman–Crippen MR) is 99.3 cm³/mol. The normalized spacial score (nSPS) is 10.6. The van der Waals surface area contributed by atoms with Crippen LogP contribution in [0.2, 0.25) is 0 Å². The van der Waals surface area contributed by atoms with Gasteiger partial charge in [-0.25, -0.2) is 14.6 Å². The molecule has 2 heterocycles. The number of aromatic nitrogens is 1. The van der Waals surface area contributed by atoms with Gasteiger partial charge in [0.25, 0.3) is 5.91 Å². The Balaban J connectivity index is 1.98. The van der Waals surface area contributed by atoms with Crippen LogP contribution in [-0.2, 0) is 9.47 Å². The summed E-state index contributed by atoms with van der Waals surface area (Å²) in [6.45, 7) is 1.61. The first-order chi connectivity index (χ1) is 12.5. The number of benzene rings is 1. The van der Waals surface area contributed by atoms with Crippen molar-refractivity contribution in [3.05, 3.63) is 45.3 Å². The number of rotatable bonds is 4. The Morgan fingerprint density at radius 2 is 1.85 bits per heavy atom. The molecular formula is C17H14N2O5S2. The number of thiazole rings is 1. The Labute approximate surface area is 156 Å². The second kappa shape index (κ2) is 7.22. The Hall–Kier alpha value is -2.78. The van der Waals surface area contributed by atoms with Crippen LogP contribution in [0.25, 0.3) is 10.2 Å². The second-order valence-electron chi connectivity index (χ2n) is 5.23. The highest BCUT2D eigenvalue weighted by atomic mass is 32.1. The van der Waals surface area contributed by atoms with Gasteiger partial charge in [-0.3, -0.25) is 4.79 Å². The van der Waals surface area contributed by atoms with Gasteiger partial charge in [0.15, 0.2) is 0 Å². The average Bonchev–Trinajstić information content (AvgIpc) is 3.24. The van der Waals surface area contributed by atoms with Crippen LogP contribution in [0.5, 0.6) is 0 Å². The minimum Gasteiger partial charge on any atom is -0.465 e. The Morgan fingerprint density at radius 3 is 2.54 bits per heavy atom. The topological polar surface area (TPSA) is 94.6 Å². The molecular weight excluding hydrogens is 376 g/mol. The van der Waals surface area contributed by atoms with Gasteiger partial charge in [0.2, 0.25) is 0 Å². The van der Waals surface area contributed by atoms with Crippen LogP contribution in [0.4, 0.5) is 5.00 Å². The number of carbonyl (C=O) groups excluding carboxylic acids is 3. The number of methoxy groups -OCH3 is 2. The molecule has 0 atom stereocenters. The average molecular weight is 390 g/mol. The number of esters is 2. The SMILES string of the molecule is COC(=O)c1sc(NC(=O)c2ccc3ncsc3c2)c(C(=O)OC)c1C. The van der Waals surface area contributed by atoms with Crippen LogP contribution < -0.4 is 5.32 Å². The van der Waals surface area contributed by atoms with Crippen LogP contribution >= 0.6 is 22.7 Å². The summed E-state index contributed by atoms with van der Waals surface area (Å²) in [6, 6.07) is 5.13. The van der Waals surface area contributed by atoms with Crippen molar-refractivity contribution < 1.29 is 23.9 Å². The number of amides is 1. The first-order valence-electron chi connectivity index (χ1n) is 7.41. The summed E-state index contributed by atoms with van der Waals surface area (Å²) < 4.78 is 10.4. The lowest BCUT2D eigenvalue weighted by molar-refractivity contribution is 0.0601. The van der Waals surface area contributed by atoms with E-state index in [1.807, 2.05) is 0 Å². The molecule has 1 aromatic carbocycles. The van der Waals surface area contributed by atoms with Gasteiger partial charge < -0.3 is 14.8 Å². The van der Waals surface area contributed by atoms with Crippen molar-refractivity contribution in [1.82, 2.24) is 4.98 Å². The highest BCUT2D eigenvalue weighted by Crippen LogP contribution is 2.34. The van der Waals surface area contributed by atoms with Crippen molar-refractivity contribution in [1.29, 1.82) is 0 Å². The maximum Gasteiger partial charge on any atom is 0.348 e. The zero-order valence-corrected chi connectivity index (χ0v) is 15.7. The largest absolute Gasteiger partial charge is 0.465 e. The summed E-state index contributed by atoms with van der Waals surface area (Å²) >= 11 is 2.40. The quantitative estimate of drug-likeness (QED) is 0.685. The molecule has 0 bridgehead atoms. The first-order valence-corrected chi connectivity index (χ1v) is 9.10. The van der Waals surface area contributed by atoms with Crippen molar-refractivity contribution in [3.8, 4) is 0 Å². The molecule has 0 aliphatic rings. The van der Waals surface area contributed by atoms with E-state index < -0.39 is 17.8 Å². The smallest absolute Gasteiger partial charge is 0.348 e. The van der Waals surface area contributed by atoms with E-state index in [2.05, 4.69) is 10.3 Å². The predicted octanol–water partition coefficient (Wildman–Crippen LogP) is 3.49. The number of thiophene rings is 1. The molecule has 3 rings (SSSR count). The van der Waals surface area contributed by atoms with Crippen molar-refractivity contribution in [3.63, 3.8) is 0 Å². The third-order valence-electron chi connectivity index (χ3n) is 3.73. The number of hydrogen-bond acceptors (Lipinski definition) is 8. The fraction of sp³-hybridized carbons (Fsp3) is 0.176. The molecule has 0 spiro atoms. The fourth-order valence-electron chi connectivity index (χ4n) is 2.41. The van der Waals surface area contributed by atoms with E-state index in [1.165, 1.54) is 25.6 Å². The molecule has 0 fully saturated rings. The molecule has 1 amide bonds. The van der Waals surface area contributed by atoms with Gasteiger partial charge in [-0.05, 0) is 30.7 Å². The minimum absolute atomic E-state index is 0.144. The van der Waals surface area contributed by atoms with E-state index in [4.69, 9.17) is 9.47 Å². The second-order valence-corrected chi connectivity index (χ2v) is 7.14. The first kappa shape index (κ1) is 18.0. The maximum absolute atomic E-state index is 12.6. The number of nitrogens with zero attached hydrogens (tertiary/aromatic N) is 1. The van der Waals surface area contributed by atoms with Crippen molar-refractivity contribution in [2.75, 3.05) is 19.5 Å². The summed E-state index contributed by atoms with van der Waals surface area (Å²) in [7, 11) is 2.49. The molecule has 9 heteroatoms. The molecule has 134 valence electrons. The molecule has 0 saturated carbocycles. The summed E-state index contributed by atoms with van der Waals surface area (Å²) in [6.07, 6.45) is 0. The number of nitrogens with one attached hydrogen (secondary N) is 1. The summed E-state index contributed by atoms with van der Waals surface area (Å²) in [5, 5.41) is 2.93. The maximum atomic E-state index is 12.6. The standard InChI is InChI=1S/C17H14N2O5S2/c1-8-12(16(21)23-2)15(26-13(8)17(22)24-3)19-14(20)9-4-5-10-11(6-9)25-7-18-10/h4-7H,1-3H3,(H,19,20). The van der Waals surface area contributed by atoms with E-state index in [0.717, 1.165) is 21.6 Å². The molecule has 0 aliphatic carbocycles. The van der Waals surface area contributed by atoms with E-state index in [0.29, 0.717) is 11.1 Å². The Kier molecular flexibility index (Phi) is 5.01. The van der Waals surface area contributed by atoms with Gasteiger partial charge in [0, 0.05) is 5.56 Å². The lowest BCUT2D eigenvalue weighted by Gasteiger charge is -2.06. The van der Waals surface area contributed by atoms with Gasteiger partial charge in [-0.1, -0.05) is 0 Å². The molecule has 26 heavy (non-hydrogen) atoms. The van der Waals surface area contributed by atoms with Gasteiger partial charge in [0.05, 0.1) is 35.5 Å². The molecule has 3 aromatic rings. The Bertz CT molecular complexity index is 1020.